The number of rotatable bonds is 4. The summed E-state index contributed by atoms with van der Waals surface area (Å²) in [6, 6.07) is 9.71. The van der Waals surface area contributed by atoms with Crippen molar-refractivity contribution in [2.45, 2.75) is 12.8 Å². The highest BCUT2D eigenvalue weighted by Gasteiger charge is 2.14. The summed E-state index contributed by atoms with van der Waals surface area (Å²) in [5.74, 6) is 1.20. The molecule has 0 aliphatic heterocycles. The van der Waals surface area contributed by atoms with Gasteiger partial charge in [0.1, 0.15) is 5.75 Å². The summed E-state index contributed by atoms with van der Waals surface area (Å²) < 4.78 is 7.28. The maximum absolute atomic E-state index is 6.08. The number of aromatic nitrogens is 3. The summed E-state index contributed by atoms with van der Waals surface area (Å²) in [4.78, 5) is 4.34. The number of alkyl halides is 1. The highest BCUT2D eigenvalue weighted by Crippen LogP contribution is 2.28. The molecule has 2 heterocycles. The quantitative estimate of drug-likeness (QED) is 0.689. The van der Waals surface area contributed by atoms with Gasteiger partial charge in [-0.2, -0.15) is 5.10 Å². The molecular formula is C15H14ClN3O. The van der Waals surface area contributed by atoms with Crippen molar-refractivity contribution in [3.05, 3.63) is 48.3 Å². The average Bonchev–Trinajstić information content (AvgIpc) is 2.86. The van der Waals surface area contributed by atoms with E-state index < -0.39 is 0 Å². The molecule has 0 N–H and O–H groups in total. The van der Waals surface area contributed by atoms with Gasteiger partial charge in [-0.3, -0.25) is 0 Å². The van der Waals surface area contributed by atoms with E-state index in [0.717, 1.165) is 28.2 Å². The van der Waals surface area contributed by atoms with Crippen molar-refractivity contribution >= 4 is 17.2 Å². The Morgan fingerprint density at radius 3 is 3.00 bits per heavy atom. The van der Waals surface area contributed by atoms with Crippen LogP contribution in [0.25, 0.3) is 16.9 Å². The summed E-state index contributed by atoms with van der Waals surface area (Å²) in [5.41, 5.74) is 3.55. The molecule has 5 heteroatoms. The van der Waals surface area contributed by atoms with Crippen LogP contribution in [0.3, 0.4) is 0 Å². The van der Waals surface area contributed by atoms with Gasteiger partial charge in [0.2, 0.25) is 0 Å². The Morgan fingerprint density at radius 1 is 1.30 bits per heavy atom. The third-order valence-electron chi connectivity index (χ3n) is 3.04. The maximum Gasteiger partial charge on any atom is 0.159 e. The molecule has 20 heavy (non-hydrogen) atoms. The molecule has 0 atom stereocenters. The SMILES string of the molecule is CCOc1cccc(-c2nn3cccnc3c2CCl)c1. The van der Waals surface area contributed by atoms with Crippen LogP contribution in [-0.2, 0) is 5.88 Å². The minimum absolute atomic E-state index is 0.370. The highest BCUT2D eigenvalue weighted by molar-refractivity contribution is 6.18. The van der Waals surface area contributed by atoms with E-state index in [-0.39, 0.29) is 0 Å². The van der Waals surface area contributed by atoms with Crippen LogP contribution in [0.15, 0.2) is 42.7 Å². The standard InChI is InChI=1S/C15H14ClN3O/c1-2-20-12-6-3-5-11(9-12)14-13(10-16)15-17-7-4-8-19(15)18-14/h3-9H,2,10H2,1H3. The number of nitrogens with zero attached hydrogens (tertiary/aromatic N) is 3. The first kappa shape index (κ1) is 12.9. The molecule has 0 bridgehead atoms. The van der Waals surface area contributed by atoms with E-state index in [2.05, 4.69) is 10.1 Å². The fourth-order valence-corrected chi connectivity index (χ4v) is 2.44. The summed E-state index contributed by atoms with van der Waals surface area (Å²) in [6.07, 6.45) is 3.61. The lowest BCUT2D eigenvalue weighted by atomic mass is 10.1. The molecule has 0 saturated heterocycles. The normalized spacial score (nSPS) is 10.9. The Hall–Kier alpha value is -2.07. The molecule has 0 aliphatic rings. The molecular weight excluding hydrogens is 274 g/mol. The van der Waals surface area contributed by atoms with Gasteiger partial charge in [0, 0.05) is 23.5 Å². The van der Waals surface area contributed by atoms with Gasteiger partial charge in [-0.15, -0.1) is 11.6 Å². The topological polar surface area (TPSA) is 39.4 Å². The molecule has 0 unspecified atom stereocenters. The average molecular weight is 288 g/mol. The Kier molecular flexibility index (Phi) is 3.56. The Balaban J connectivity index is 2.16. The number of fused-ring (bicyclic) bond motifs is 1. The van der Waals surface area contributed by atoms with Crippen molar-refractivity contribution in [3.8, 4) is 17.0 Å². The lowest BCUT2D eigenvalue weighted by Crippen LogP contribution is -1.92. The number of benzene rings is 1. The molecule has 0 spiro atoms. The fraction of sp³-hybridized carbons (Fsp3) is 0.200. The lowest BCUT2D eigenvalue weighted by molar-refractivity contribution is 0.340. The van der Waals surface area contributed by atoms with Crippen molar-refractivity contribution in [1.29, 1.82) is 0 Å². The minimum Gasteiger partial charge on any atom is -0.494 e. The molecule has 0 fully saturated rings. The van der Waals surface area contributed by atoms with Crippen LogP contribution in [-0.4, -0.2) is 21.2 Å². The zero-order valence-corrected chi connectivity index (χ0v) is 11.8. The van der Waals surface area contributed by atoms with E-state index in [0.29, 0.717) is 12.5 Å². The van der Waals surface area contributed by atoms with Crippen molar-refractivity contribution in [2.75, 3.05) is 6.61 Å². The van der Waals surface area contributed by atoms with Crippen LogP contribution in [0.1, 0.15) is 12.5 Å². The first-order chi connectivity index (χ1) is 9.83. The predicted molar refractivity (Wildman–Crippen MR) is 79.1 cm³/mol. The van der Waals surface area contributed by atoms with Crippen LogP contribution < -0.4 is 4.74 Å². The van der Waals surface area contributed by atoms with Gasteiger partial charge in [-0.05, 0) is 25.1 Å². The van der Waals surface area contributed by atoms with Gasteiger partial charge in [0.15, 0.2) is 5.65 Å². The smallest absolute Gasteiger partial charge is 0.159 e. The third kappa shape index (κ3) is 2.23. The highest BCUT2D eigenvalue weighted by atomic mass is 35.5. The summed E-state index contributed by atoms with van der Waals surface area (Å²) >= 11 is 6.08. The van der Waals surface area contributed by atoms with Gasteiger partial charge in [0.05, 0.1) is 18.2 Å². The molecule has 3 aromatic rings. The predicted octanol–water partition coefficient (Wildman–Crippen LogP) is 3.53. The van der Waals surface area contributed by atoms with Gasteiger partial charge in [-0.1, -0.05) is 12.1 Å². The Morgan fingerprint density at radius 2 is 2.20 bits per heavy atom. The van der Waals surface area contributed by atoms with Crippen LogP contribution >= 0.6 is 11.6 Å². The van der Waals surface area contributed by atoms with Gasteiger partial charge in [0.25, 0.3) is 0 Å². The second-order valence-corrected chi connectivity index (χ2v) is 4.58. The molecule has 4 nitrogen and oxygen atoms in total. The molecule has 2 aromatic heterocycles. The maximum atomic E-state index is 6.08. The van der Waals surface area contributed by atoms with Crippen LogP contribution in [0.2, 0.25) is 0 Å². The van der Waals surface area contributed by atoms with E-state index in [4.69, 9.17) is 16.3 Å². The summed E-state index contributed by atoms with van der Waals surface area (Å²) in [6.45, 7) is 2.60. The molecule has 0 amide bonds. The van der Waals surface area contributed by atoms with E-state index >= 15 is 0 Å². The molecule has 0 saturated carbocycles. The second kappa shape index (κ2) is 5.51. The van der Waals surface area contributed by atoms with E-state index in [1.165, 1.54) is 0 Å². The largest absolute Gasteiger partial charge is 0.494 e. The number of ether oxygens (including phenoxy) is 1. The summed E-state index contributed by atoms with van der Waals surface area (Å²) in [7, 11) is 0. The Labute approximate surface area is 122 Å². The van der Waals surface area contributed by atoms with Crippen LogP contribution in [0.5, 0.6) is 5.75 Å². The van der Waals surface area contributed by atoms with Gasteiger partial charge < -0.3 is 4.74 Å². The Bertz CT molecular complexity index is 739. The van der Waals surface area contributed by atoms with E-state index in [1.807, 2.05) is 43.5 Å². The third-order valence-corrected chi connectivity index (χ3v) is 3.31. The number of hydrogen-bond acceptors (Lipinski definition) is 3. The van der Waals surface area contributed by atoms with Crippen molar-refractivity contribution < 1.29 is 4.74 Å². The first-order valence-corrected chi connectivity index (χ1v) is 6.98. The van der Waals surface area contributed by atoms with Gasteiger partial charge >= 0.3 is 0 Å². The molecule has 3 rings (SSSR count). The number of hydrogen-bond donors (Lipinski definition) is 0. The minimum atomic E-state index is 0.370. The molecule has 0 aliphatic carbocycles. The van der Waals surface area contributed by atoms with E-state index in [9.17, 15) is 0 Å². The van der Waals surface area contributed by atoms with Crippen LogP contribution in [0.4, 0.5) is 0 Å². The van der Waals surface area contributed by atoms with Crippen molar-refractivity contribution in [3.63, 3.8) is 0 Å². The lowest BCUT2D eigenvalue weighted by Gasteiger charge is -2.05. The molecule has 102 valence electrons. The molecule has 1 aromatic carbocycles. The summed E-state index contributed by atoms with van der Waals surface area (Å²) in [5, 5.41) is 4.57. The monoisotopic (exact) mass is 287 g/mol. The van der Waals surface area contributed by atoms with Gasteiger partial charge in [-0.25, -0.2) is 9.50 Å². The fourth-order valence-electron chi connectivity index (χ4n) is 2.19. The van der Waals surface area contributed by atoms with Crippen LogP contribution in [0, 0.1) is 0 Å². The van der Waals surface area contributed by atoms with E-state index in [1.54, 1.807) is 10.7 Å². The van der Waals surface area contributed by atoms with Crippen molar-refractivity contribution in [2.24, 2.45) is 0 Å². The second-order valence-electron chi connectivity index (χ2n) is 4.31. The zero-order chi connectivity index (χ0) is 13.9. The zero-order valence-electron chi connectivity index (χ0n) is 11.1. The molecule has 0 radical (unpaired) electrons. The van der Waals surface area contributed by atoms with Crippen molar-refractivity contribution in [1.82, 2.24) is 14.6 Å². The first-order valence-electron chi connectivity index (χ1n) is 6.45. The number of halogens is 1.